The number of anilines is 2. The van der Waals surface area contributed by atoms with E-state index < -0.39 is 22.0 Å². The Kier molecular flexibility index (Phi) is 5.66. The van der Waals surface area contributed by atoms with Crippen LogP contribution in [0.1, 0.15) is 19.4 Å². The number of rotatable bonds is 6. The van der Waals surface area contributed by atoms with Crippen molar-refractivity contribution in [1.82, 2.24) is 0 Å². The third kappa shape index (κ3) is 4.02. The molecule has 2 N–H and O–H groups in total. The predicted molar refractivity (Wildman–Crippen MR) is 98.7 cm³/mol. The lowest BCUT2D eigenvalue weighted by Gasteiger charge is -2.29. The maximum absolute atomic E-state index is 13.1. The number of sulfonamides is 1. The lowest BCUT2D eigenvalue weighted by Crippen LogP contribution is -2.43. The van der Waals surface area contributed by atoms with Crippen LogP contribution in [0.15, 0.2) is 53.4 Å². The van der Waals surface area contributed by atoms with Gasteiger partial charge in [0, 0.05) is 12.6 Å². The van der Waals surface area contributed by atoms with Gasteiger partial charge in [-0.1, -0.05) is 18.2 Å². The highest BCUT2D eigenvalue weighted by atomic mass is 32.2. The first-order valence-corrected chi connectivity index (χ1v) is 9.29. The Labute approximate surface area is 152 Å². The third-order valence-electron chi connectivity index (χ3n) is 3.79. The Morgan fingerprint density at radius 2 is 1.65 bits per heavy atom. The van der Waals surface area contributed by atoms with Crippen LogP contribution in [0.25, 0.3) is 0 Å². The van der Waals surface area contributed by atoms with E-state index in [9.17, 15) is 23.1 Å². The van der Waals surface area contributed by atoms with E-state index >= 15 is 0 Å². The first kappa shape index (κ1) is 19.5. The minimum Gasteiger partial charge on any atom is -0.480 e. The average molecular weight is 376 g/mol. The van der Waals surface area contributed by atoms with Crippen molar-refractivity contribution in [2.24, 2.45) is 0 Å². The second-order valence-electron chi connectivity index (χ2n) is 5.81. The Bertz CT molecular complexity index is 923. The highest BCUT2D eigenvalue weighted by Gasteiger charge is 2.34. The van der Waals surface area contributed by atoms with Crippen LogP contribution in [-0.4, -0.2) is 31.4 Å². The Hall–Kier alpha value is -2.87. The lowest BCUT2D eigenvalue weighted by molar-refractivity contribution is -0.137. The fourth-order valence-electron chi connectivity index (χ4n) is 2.48. The fraction of sp³-hybridized carbons (Fsp3) is 0.222. The zero-order valence-corrected chi connectivity index (χ0v) is 15.4. The molecule has 0 radical (unpaired) electrons. The second kappa shape index (κ2) is 7.57. The van der Waals surface area contributed by atoms with E-state index in [4.69, 9.17) is 0 Å². The molecule has 2 aromatic rings. The van der Waals surface area contributed by atoms with Crippen LogP contribution in [-0.2, 0) is 19.6 Å². The minimum absolute atomic E-state index is 0.0667. The lowest BCUT2D eigenvalue weighted by atomic mass is 10.2. The van der Waals surface area contributed by atoms with Crippen LogP contribution in [0, 0.1) is 6.92 Å². The highest BCUT2D eigenvalue weighted by Crippen LogP contribution is 2.29. The summed E-state index contributed by atoms with van der Waals surface area (Å²) in [5, 5.41) is 12.0. The quantitative estimate of drug-likeness (QED) is 0.806. The summed E-state index contributed by atoms with van der Waals surface area (Å²) in [5.74, 6) is -1.53. The zero-order chi connectivity index (χ0) is 19.5. The largest absolute Gasteiger partial charge is 0.480 e. The number of carbonyl (C=O) groups excluding carboxylic acids is 1. The SMILES string of the molecule is CC(=O)Nc1ccc(S(=O)(=O)N(c2ccccc2C)C(C)C(=O)O)cc1. The average Bonchev–Trinajstić information content (AvgIpc) is 2.56. The monoisotopic (exact) mass is 376 g/mol. The van der Waals surface area contributed by atoms with Crippen LogP contribution in [0.5, 0.6) is 0 Å². The third-order valence-corrected chi connectivity index (χ3v) is 5.69. The number of hydrogen-bond donors (Lipinski definition) is 2. The van der Waals surface area contributed by atoms with E-state index in [-0.39, 0.29) is 10.8 Å². The van der Waals surface area contributed by atoms with Gasteiger partial charge in [0.2, 0.25) is 5.91 Å². The van der Waals surface area contributed by atoms with Crippen molar-refractivity contribution in [2.45, 2.75) is 31.7 Å². The maximum Gasteiger partial charge on any atom is 0.327 e. The standard InChI is InChI=1S/C18H20N2O5S/c1-12-6-4-5-7-17(12)20(13(2)18(22)23)26(24,25)16-10-8-15(9-11-16)19-14(3)21/h4-11,13H,1-3H3,(H,19,21)(H,22,23). The number of aryl methyl sites for hydroxylation is 1. The molecular formula is C18H20N2O5S. The van der Waals surface area contributed by atoms with Gasteiger partial charge in [-0.3, -0.25) is 9.10 Å². The molecule has 1 atom stereocenters. The van der Waals surface area contributed by atoms with Crippen molar-refractivity contribution >= 4 is 33.3 Å². The second-order valence-corrected chi connectivity index (χ2v) is 7.62. The molecule has 0 bridgehead atoms. The van der Waals surface area contributed by atoms with E-state index in [1.807, 2.05) is 0 Å². The number of benzene rings is 2. The molecule has 0 fully saturated rings. The number of carboxylic acids is 1. The number of amides is 1. The molecule has 0 aliphatic carbocycles. The Morgan fingerprint density at radius 3 is 2.15 bits per heavy atom. The molecule has 0 spiro atoms. The van der Waals surface area contributed by atoms with Gasteiger partial charge in [0.25, 0.3) is 10.0 Å². The van der Waals surface area contributed by atoms with Crippen molar-refractivity contribution in [1.29, 1.82) is 0 Å². The number of hydrogen-bond acceptors (Lipinski definition) is 4. The first-order valence-electron chi connectivity index (χ1n) is 7.85. The molecule has 1 unspecified atom stereocenters. The maximum atomic E-state index is 13.1. The van der Waals surface area contributed by atoms with Crippen LogP contribution in [0.4, 0.5) is 11.4 Å². The van der Waals surface area contributed by atoms with E-state index in [1.54, 1.807) is 31.2 Å². The van der Waals surface area contributed by atoms with Gasteiger partial charge in [-0.15, -0.1) is 0 Å². The van der Waals surface area contributed by atoms with Gasteiger partial charge in [-0.05, 0) is 49.7 Å². The van der Waals surface area contributed by atoms with E-state index in [1.165, 1.54) is 38.1 Å². The van der Waals surface area contributed by atoms with E-state index in [0.29, 0.717) is 16.9 Å². The molecule has 26 heavy (non-hydrogen) atoms. The molecule has 8 heteroatoms. The molecule has 2 rings (SSSR count). The summed E-state index contributed by atoms with van der Waals surface area (Å²) in [6.07, 6.45) is 0. The van der Waals surface area contributed by atoms with Gasteiger partial charge in [0.15, 0.2) is 0 Å². The first-order chi connectivity index (χ1) is 12.1. The number of carbonyl (C=O) groups is 2. The van der Waals surface area contributed by atoms with Crippen molar-refractivity contribution in [3.8, 4) is 0 Å². The molecule has 1 amide bonds. The highest BCUT2D eigenvalue weighted by molar-refractivity contribution is 7.93. The van der Waals surface area contributed by atoms with E-state index in [0.717, 1.165) is 4.31 Å². The predicted octanol–water partition coefficient (Wildman–Crippen LogP) is 2.62. The minimum atomic E-state index is -4.13. The zero-order valence-electron chi connectivity index (χ0n) is 14.6. The van der Waals surface area contributed by atoms with Gasteiger partial charge < -0.3 is 10.4 Å². The normalized spacial score (nSPS) is 12.3. The van der Waals surface area contributed by atoms with Crippen molar-refractivity contribution < 1.29 is 23.1 Å². The summed E-state index contributed by atoms with van der Waals surface area (Å²) in [6.45, 7) is 4.38. The number of nitrogens with one attached hydrogen (secondary N) is 1. The molecule has 7 nitrogen and oxygen atoms in total. The number of carboxylic acid groups (broad SMARTS) is 1. The van der Waals surface area contributed by atoms with Crippen LogP contribution >= 0.6 is 0 Å². The molecule has 0 aliphatic rings. The fourth-order valence-corrected chi connectivity index (χ4v) is 4.16. The van der Waals surface area contributed by atoms with Gasteiger partial charge in [-0.2, -0.15) is 0 Å². The summed E-state index contributed by atoms with van der Waals surface area (Å²) in [5.41, 5.74) is 1.39. The molecule has 0 aromatic heterocycles. The molecule has 0 saturated heterocycles. The van der Waals surface area contributed by atoms with Gasteiger partial charge >= 0.3 is 5.97 Å². The summed E-state index contributed by atoms with van der Waals surface area (Å²) in [6, 6.07) is 11.0. The van der Waals surface area contributed by atoms with Crippen molar-refractivity contribution in [3.05, 3.63) is 54.1 Å². The molecular weight excluding hydrogens is 356 g/mol. The summed E-state index contributed by atoms with van der Waals surface area (Å²) in [4.78, 5) is 22.5. The topological polar surface area (TPSA) is 104 Å². The smallest absolute Gasteiger partial charge is 0.327 e. The van der Waals surface area contributed by atoms with Crippen LogP contribution in [0.2, 0.25) is 0 Å². The van der Waals surface area contributed by atoms with Crippen LogP contribution < -0.4 is 9.62 Å². The molecule has 0 saturated carbocycles. The summed E-state index contributed by atoms with van der Waals surface area (Å²) < 4.78 is 27.2. The number of nitrogens with zero attached hydrogens (tertiary/aromatic N) is 1. The number of para-hydroxylation sites is 1. The van der Waals surface area contributed by atoms with Crippen molar-refractivity contribution in [2.75, 3.05) is 9.62 Å². The number of aliphatic carboxylic acids is 1. The summed E-state index contributed by atoms with van der Waals surface area (Å²) >= 11 is 0. The van der Waals surface area contributed by atoms with Gasteiger partial charge in [0.05, 0.1) is 10.6 Å². The van der Waals surface area contributed by atoms with Crippen LogP contribution in [0.3, 0.4) is 0 Å². The molecule has 0 aliphatic heterocycles. The van der Waals surface area contributed by atoms with Gasteiger partial charge in [0.1, 0.15) is 6.04 Å². The molecule has 138 valence electrons. The van der Waals surface area contributed by atoms with Gasteiger partial charge in [-0.25, -0.2) is 13.2 Å². The Morgan fingerprint density at radius 1 is 1.08 bits per heavy atom. The molecule has 0 heterocycles. The van der Waals surface area contributed by atoms with E-state index in [2.05, 4.69) is 5.32 Å². The summed E-state index contributed by atoms with van der Waals surface area (Å²) in [7, 11) is -4.13. The van der Waals surface area contributed by atoms with Crippen molar-refractivity contribution in [3.63, 3.8) is 0 Å². The molecule has 2 aromatic carbocycles. The Balaban J connectivity index is 2.54.